The van der Waals surface area contributed by atoms with E-state index in [0.29, 0.717) is 12.2 Å². The number of carboxylic acid groups (broad SMARTS) is 1. The standard InChI is InChI=1S/C13H16N2O5/c1-14(8-10-3-2-6-20-10)11-5-4-9(13(16)17)7-12(11)15(18)19/h4-5,7,10H,2-3,6,8H2,1H3,(H,16,17). The Hall–Kier alpha value is -2.15. The minimum Gasteiger partial charge on any atom is -0.478 e. The Morgan fingerprint density at radius 1 is 1.60 bits per heavy atom. The maximum atomic E-state index is 11.1. The van der Waals surface area contributed by atoms with Gasteiger partial charge in [0, 0.05) is 26.3 Å². The summed E-state index contributed by atoms with van der Waals surface area (Å²) in [6.07, 6.45) is 2.00. The third kappa shape index (κ3) is 3.05. The molecule has 1 saturated heterocycles. The van der Waals surface area contributed by atoms with Crippen molar-refractivity contribution in [3.63, 3.8) is 0 Å². The third-order valence-corrected chi connectivity index (χ3v) is 3.33. The van der Waals surface area contributed by atoms with Crippen LogP contribution in [0.1, 0.15) is 23.2 Å². The molecule has 0 saturated carbocycles. The fourth-order valence-corrected chi connectivity index (χ4v) is 2.32. The molecule has 1 aromatic carbocycles. The predicted molar refractivity (Wildman–Crippen MR) is 72.3 cm³/mol. The molecule has 1 aromatic rings. The summed E-state index contributed by atoms with van der Waals surface area (Å²) in [6.45, 7) is 1.27. The van der Waals surface area contributed by atoms with Gasteiger partial charge in [0.1, 0.15) is 5.69 Å². The van der Waals surface area contributed by atoms with Crippen LogP contribution in [-0.2, 0) is 4.74 Å². The van der Waals surface area contributed by atoms with E-state index in [1.165, 1.54) is 12.1 Å². The van der Waals surface area contributed by atoms with Gasteiger partial charge in [0.2, 0.25) is 0 Å². The van der Waals surface area contributed by atoms with Crippen LogP contribution < -0.4 is 4.90 Å². The molecular weight excluding hydrogens is 264 g/mol. The second-order valence-corrected chi connectivity index (χ2v) is 4.78. The Bertz CT molecular complexity index is 525. The lowest BCUT2D eigenvalue weighted by molar-refractivity contribution is -0.384. The van der Waals surface area contributed by atoms with Crippen LogP contribution in [0.4, 0.5) is 11.4 Å². The summed E-state index contributed by atoms with van der Waals surface area (Å²) >= 11 is 0. The molecule has 20 heavy (non-hydrogen) atoms. The number of likely N-dealkylation sites (N-methyl/N-ethyl adjacent to an activating group) is 1. The maximum Gasteiger partial charge on any atom is 0.335 e. The fraction of sp³-hybridized carbons (Fsp3) is 0.462. The van der Waals surface area contributed by atoms with E-state index in [1.54, 1.807) is 11.9 Å². The van der Waals surface area contributed by atoms with Crippen LogP contribution >= 0.6 is 0 Å². The van der Waals surface area contributed by atoms with E-state index in [4.69, 9.17) is 9.84 Å². The largest absolute Gasteiger partial charge is 0.478 e. The lowest BCUT2D eigenvalue weighted by Gasteiger charge is -2.22. The van der Waals surface area contributed by atoms with Crippen LogP contribution in [0.2, 0.25) is 0 Å². The first-order chi connectivity index (χ1) is 9.49. The van der Waals surface area contributed by atoms with Crippen molar-refractivity contribution in [3.8, 4) is 0 Å². The van der Waals surface area contributed by atoms with Gasteiger partial charge in [0.25, 0.3) is 5.69 Å². The summed E-state index contributed by atoms with van der Waals surface area (Å²) < 4.78 is 5.50. The van der Waals surface area contributed by atoms with Gasteiger partial charge in [-0.1, -0.05) is 0 Å². The quantitative estimate of drug-likeness (QED) is 0.654. The number of ether oxygens (including phenoxy) is 1. The highest BCUT2D eigenvalue weighted by molar-refractivity contribution is 5.89. The first-order valence-electron chi connectivity index (χ1n) is 6.33. The van der Waals surface area contributed by atoms with Gasteiger partial charge in [-0.2, -0.15) is 0 Å². The Labute approximate surface area is 115 Å². The van der Waals surface area contributed by atoms with Gasteiger partial charge in [-0.25, -0.2) is 4.79 Å². The average molecular weight is 280 g/mol. The van der Waals surface area contributed by atoms with Crippen molar-refractivity contribution in [3.05, 3.63) is 33.9 Å². The molecule has 0 amide bonds. The van der Waals surface area contributed by atoms with Crippen LogP contribution in [0.5, 0.6) is 0 Å². The molecular formula is C13H16N2O5. The summed E-state index contributed by atoms with van der Waals surface area (Å²) in [5.41, 5.74) is 0.104. The lowest BCUT2D eigenvalue weighted by Crippen LogP contribution is -2.29. The number of rotatable bonds is 5. The number of carbonyl (C=O) groups is 1. The van der Waals surface area contributed by atoms with Crippen LogP contribution in [-0.4, -0.2) is 42.3 Å². The second-order valence-electron chi connectivity index (χ2n) is 4.78. The monoisotopic (exact) mass is 280 g/mol. The molecule has 7 heteroatoms. The van der Waals surface area contributed by atoms with Gasteiger partial charge >= 0.3 is 5.97 Å². The maximum absolute atomic E-state index is 11.1. The minimum atomic E-state index is -1.18. The van der Waals surface area contributed by atoms with Crippen LogP contribution in [0.15, 0.2) is 18.2 Å². The summed E-state index contributed by atoms with van der Waals surface area (Å²) in [5.74, 6) is -1.18. The zero-order valence-electron chi connectivity index (χ0n) is 11.1. The first-order valence-corrected chi connectivity index (χ1v) is 6.33. The van der Waals surface area contributed by atoms with Crippen molar-refractivity contribution in [1.82, 2.24) is 0 Å². The molecule has 1 fully saturated rings. The summed E-state index contributed by atoms with van der Waals surface area (Å²) in [4.78, 5) is 23.1. The van der Waals surface area contributed by atoms with Crippen LogP contribution in [0.25, 0.3) is 0 Å². The highest BCUT2D eigenvalue weighted by Crippen LogP contribution is 2.29. The van der Waals surface area contributed by atoms with Crippen molar-refractivity contribution < 1.29 is 19.6 Å². The Kier molecular flexibility index (Phi) is 4.19. The van der Waals surface area contributed by atoms with Crippen molar-refractivity contribution in [1.29, 1.82) is 0 Å². The van der Waals surface area contributed by atoms with Gasteiger partial charge in [-0.15, -0.1) is 0 Å². The van der Waals surface area contributed by atoms with E-state index in [0.717, 1.165) is 25.5 Å². The molecule has 1 aliphatic heterocycles. The zero-order valence-corrected chi connectivity index (χ0v) is 11.1. The molecule has 1 heterocycles. The van der Waals surface area contributed by atoms with Gasteiger partial charge in [-0.05, 0) is 25.0 Å². The molecule has 0 bridgehead atoms. The number of benzene rings is 1. The number of hydrogen-bond donors (Lipinski definition) is 1. The fourth-order valence-electron chi connectivity index (χ4n) is 2.32. The Morgan fingerprint density at radius 3 is 2.90 bits per heavy atom. The second kappa shape index (κ2) is 5.87. The molecule has 2 rings (SSSR count). The van der Waals surface area contributed by atoms with Gasteiger partial charge in [0.05, 0.1) is 16.6 Å². The molecule has 0 aliphatic carbocycles. The lowest BCUT2D eigenvalue weighted by atomic mass is 10.1. The first kappa shape index (κ1) is 14.3. The molecule has 7 nitrogen and oxygen atoms in total. The topological polar surface area (TPSA) is 92.9 Å². The van der Waals surface area contributed by atoms with Gasteiger partial charge < -0.3 is 14.7 Å². The van der Waals surface area contributed by atoms with Gasteiger partial charge in [-0.3, -0.25) is 10.1 Å². The number of nitro groups is 1. The number of aromatic carboxylic acids is 1. The average Bonchev–Trinajstić information content (AvgIpc) is 2.90. The van der Waals surface area contributed by atoms with E-state index in [1.807, 2.05) is 0 Å². The van der Waals surface area contributed by atoms with Crippen molar-refractivity contribution >= 4 is 17.3 Å². The molecule has 108 valence electrons. The highest BCUT2D eigenvalue weighted by Gasteiger charge is 2.23. The smallest absolute Gasteiger partial charge is 0.335 e. The summed E-state index contributed by atoms with van der Waals surface area (Å²) in [7, 11) is 1.74. The van der Waals surface area contributed by atoms with Crippen LogP contribution in [0, 0.1) is 10.1 Å². The van der Waals surface area contributed by atoms with Crippen molar-refractivity contribution in [2.24, 2.45) is 0 Å². The normalized spacial score (nSPS) is 17.9. The molecule has 0 aromatic heterocycles. The number of nitro benzene ring substituents is 1. The predicted octanol–water partition coefficient (Wildman–Crippen LogP) is 1.91. The van der Waals surface area contributed by atoms with Crippen molar-refractivity contribution in [2.45, 2.75) is 18.9 Å². The number of nitrogens with zero attached hydrogens (tertiary/aromatic N) is 2. The Balaban J connectivity index is 2.24. The Morgan fingerprint density at radius 2 is 2.35 bits per heavy atom. The zero-order chi connectivity index (χ0) is 14.7. The van der Waals surface area contributed by atoms with Crippen molar-refractivity contribution in [2.75, 3.05) is 25.1 Å². The summed E-state index contributed by atoms with van der Waals surface area (Å²) in [5, 5.41) is 20.0. The van der Waals surface area contributed by atoms with Crippen LogP contribution in [0.3, 0.4) is 0 Å². The van der Waals surface area contributed by atoms with E-state index < -0.39 is 10.9 Å². The minimum absolute atomic E-state index is 0.0683. The van der Waals surface area contributed by atoms with E-state index in [9.17, 15) is 14.9 Å². The van der Waals surface area contributed by atoms with E-state index in [-0.39, 0.29) is 17.4 Å². The van der Waals surface area contributed by atoms with E-state index in [2.05, 4.69) is 0 Å². The molecule has 0 radical (unpaired) electrons. The number of hydrogen-bond acceptors (Lipinski definition) is 5. The number of anilines is 1. The third-order valence-electron chi connectivity index (χ3n) is 3.33. The SMILES string of the molecule is CN(CC1CCCO1)c1ccc(C(=O)O)cc1[N+](=O)[O-]. The molecule has 0 spiro atoms. The molecule has 1 unspecified atom stereocenters. The molecule has 1 aliphatic rings. The molecule has 1 N–H and O–H groups in total. The summed E-state index contributed by atoms with van der Waals surface area (Å²) in [6, 6.07) is 3.93. The van der Waals surface area contributed by atoms with E-state index >= 15 is 0 Å². The molecule has 1 atom stereocenters. The number of carboxylic acids is 1. The van der Waals surface area contributed by atoms with Gasteiger partial charge in [0.15, 0.2) is 0 Å². The highest BCUT2D eigenvalue weighted by atomic mass is 16.6.